The highest BCUT2D eigenvalue weighted by molar-refractivity contribution is 9.10. The van der Waals surface area contributed by atoms with E-state index in [1.165, 1.54) is 23.6 Å². The molecule has 19 heavy (non-hydrogen) atoms. The zero-order valence-corrected chi connectivity index (χ0v) is 13.0. The second-order valence-electron chi connectivity index (χ2n) is 5.87. The van der Waals surface area contributed by atoms with Crippen LogP contribution in [0.4, 0.5) is 5.82 Å². The lowest BCUT2D eigenvalue weighted by molar-refractivity contribution is 0.380. The molecular weight excluding hydrogens is 300 g/mol. The lowest BCUT2D eigenvalue weighted by Crippen LogP contribution is -2.21. The molecule has 2 aromatic rings. The van der Waals surface area contributed by atoms with Crippen molar-refractivity contribution in [3.05, 3.63) is 34.9 Å². The van der Waals surface area contributed by atoms with Crippen LogP contribution in [-0.4, -0.2) is 11.5 Å². The second-order valence-corrected chi connectivity index (χ2v) is 6.72. The number of benzene rings is 1. The maximum absolute atomic E-state index is 4.51. The minimum Gasteiger partial charge on any atom is -0.369 e. The summed E-state index contributed by atoms with van der Waals surface area (Å²) in [6, 6.07) is 8.32. The molecule has 0 unspecified atom stereocenters. The van der Waals surface area contributed by atoms with Crippen LogP contribution in [0.5, 0.6) is 0 Å². The minimum atomic E-state index is 0.496. The Labute approximate surface area is 122 Å². The Hall–Kier alpha value is -1.09. The van der Waals surface area contributed by atoms with Crippen LogP contribution in [0.3, 0.4) is 0 Å². The fraction of sp³-hybridized carbons (Fsp3) is 0.438. The molecule has 3 heteroatoms. The molecule has 3 rings (SSSR count). The Bertz CT molecular complexity index is 603. The van der Waals surface area contributed by atoms with Gasteiger partial charge in [-0.05, 0) is 36.3 Å². The predicted octanol–water partition coefficient (Wildman–Crippen LogP) is 4.85. The number of rotatable bonds is 4. The molecule has 0 aliphatic heterocycles. The maximum Gasteiger partial charge on any atom is 0.133 e. The molecule has 2 nitrogen and oxygen atoms in total. The number of nitrogens with zero attached hydrogens (tertiary/aromatic N) is 1. The highest BCUT2D eigenvalue weighted by Gasteiger charge is 2.44. The predicted molar refractivity (Wildman–Crippen MR) is 84.4 cm³/mol. The highest BCUT2D eigenvalue weighted by atomic mass is 79.9. The Morgan fingerprint density at radius 1 is 1.26 bits per heavy atom. The first-order valence-electron chi connectivity index (χ1n) is 6.89. The van der Waals surface area contributed by atoms with Gasteiger partial charge in [0.2, 0.25) is 0 Å². The number of aromatic nitrogens is 1. The van der Waals surface area contributed by atoms with Crippen molar-refractivity contribution in [1.82, 2.24) is 4.98 Å². The third kappa shape index (κ3) is 2.36. The zero-order chi connectivity index (χ0) is 13.5. The maximum atomic E-state index is 4.51. The van der Waals surface area contributed by atoms with Crippen LogP contribution in [0.25, 0.3) is 10.8 Å². The van der Waals surface area contributed by atoms with E-state index in [2.05, 4.69) is 64.3 Å². The van der Waals surface area contributed by atoms with Gasteiger partial charge >= 0.3 is 0 Å². The van der Waals surface area contributed by atoms with Crippen LogP contribution < -0.4 is 5.32 Å². The number of hydrogen-bond acceptors (Lipinski definition) is 2. The van der Waals surface area contributed by atoms with E-state index in [4.69, 9.17) is 0 Å². The third-order valence-electron chi connectivity index (χ3n) is 4.48. The van der Waals surface area contributed by atoms with Gasteiger partial charge in [0, 0.05) is 28.0 Å². The standard InChI is InChI=1S/C16H19BrN2/c1-11(2)16(7-8-16)10-19-15-13-4-3-5-14(17)12(13)6-9-18-15/h3-6,9,11H,7-8,10H2,1-2H3,(H,18,19). The second kappa shape index (κ2) is 4.78. The van der Waals surface area contributed by atoms with Crippen LogP contribution in [0.2, 0.25) is 0 Å². The van der Waals surface area contributed by atoms with Crippen LogP contribution in [-0.2, 0) is 0 Å². The summed E-state index contributed by atoms with van der Waals surface area (Å²) in [6.07, 6.45) is 4.56. The van der Waals surface area contributed by atoms with Gasteiger partial charge in [-0.3, -0.25) is 0 Å². The Balaban J connectivity index is 1.88. The van der Waals surface area contributed by atoms with E-state index in [9.17, 15) is 0 Å². The molecule has 1 aliphatic rings. The Kier molecular flexibility index (Phi) is 3.25. The van der Waals surface area contributed by atoms with E-state index in [0.717, 1.165) is 22.8 Å². The number of fused-ring (bicyclic) bond motifs is 1. The summed E-state index contributed by atoms with van der Waals surface area (Å²) in [7, 11) is 0. The van der Waals surface area contributed by atoms with E-state index in [0.29, 0.717) is 5.41 Å². The van der Waals surface area contributed by atoms with Crippen molar-refractivity contribution in [2.24, 2.45) is 11.3 Å². The number of halogens is 1. The van der Waals surface area contributed by atoms with E-state index < -0.39 is 0 Å². The highest BCUT2D eigenvalue weighted by Crippen LogP contribution is 2.51. The molecule has 1 aromatic carbocycles. The van der Waals surface area contributed by atoms with Crippen molar-refractivity contribution in [1.29, 1.82) is 0 Å². The quantitative estimate of drug-likeness (QED) is 0.872. The summed E-state index contributed by atoms with van der Waals surface area (Å²) in [6.45, 7) is 5.67. The van der Waals surface area contributed by atoms with Gasteiger partial charge in [-0.1, -0.05) is 41.9 Å². The van der Waals surface area contributed by atoms with Crippen molar-refractivity contribution in [2.45, 2.75) is 26.7 Å². The summed E-state index contributed by atoms with van der Waals surface area (Å²) >= 11 is 3.60. The lowest BCUT2D eigenvalue weighted by atomic mass is 9.92. The molecule has 0 saturated heterocycles. The summed E-state index contributed by atoms with van der Waals surface area (Å²) in [5.41, 5.74) is 0.496. The average molecular weight is 319 g/mol. The first-order valence-corrected chi connectivity index (χ1v) is 7.69. The lowest BCUT2D eigenvalue weighted by Gasteiger charge is -2.21. The fourth-order valence-corrected chi connectivity index (χ4v) is 3.19. The van der Waals surface area contributed by atoms with Crippen molar-refractivity contribution in [3.63, 3.8) is 0 Å². The van der Waals surface area contributed by atoms with E-state index in [-0.39, 0.29) is 0 Å². The summed E-state index contributed by atoms with van der Waals surface area (Å²) in [5, 5.41) is 5.98. The van der Waals surface area contributed by atoms with E-state index in [1.807, 2.05) is 6.20 Å². The molecule has 1 heterocycles. The molecule has 1 aliphatic carbocycles. The van der Waals surface area contributed by atoms with Crippen molar-refractivity contribution in [2.75, 3.05) is 11.9 Å². The molecule has 0 radical (unpaired) electrons. The number of hydrogen-bond donors (Lipinski definition) is 1. The van der Waals surface area contributed by atoms with Gasteiger partial charge in [0.15, 0.2) is 0 Å². The average Bonchev–Trinajstić information content (AvgIpc) is 3.18. The van der Waals surface area contributed by atoms with Gasteiger partial charge < -0.3 is 5.32 Å². The van der Waals surface area contributed by atoms with Gasteiger partial charge in [0.05, 0.1) is 0 Å². The first-order chi connectivity index (χ1) is 9.12. The third-order valence-corrected chi connectivity index (χ3v) is 5.17. The first kappa shape index (κ1) is 12.9. The molecule has 0 atom stereocenters. The van der Waals surface area contributed by atoms with Gasteiger partial charge in [-0.15, -0.1) is 0 Å². The Morgan fingerprint density at radius 2 is 2.05 bits per heavy atom. The molecular formula is C16H19BrN2. The Morgan fingerprint density at radius 3 is 2.74 bits per heavy atom. The van der Waals surface area contributed by atoms with E-state index in [1.54, 1.807) is 0 Å². The molecule has 1 fully saturated rings. The SMILES string of the molecule is CC(C)C1(CNc2nccc3c(Br)cccc23)CC1. The van der Waals surface area contributed by atoms with Gasteiger partial charge in [-0.2, -0.15) is 0 Å². The van der Waals surface area contributed by atoms with Gasteiger partial charge in [-0.25, -0.2) is 4.98 Å². The number of pyridine rings is 1. The molecule has 1 saturated carbocycles. The van der Waals surface area contributed by atoms with E-state index >= 15 is 0 Å². The van der Waals surface area contributed by atoms with Crippen molar-refractivity contribution in [3.8, 4) is 0 Å². The molecule has 100 valence electrons. The summed E-state index contributed by atoms with van der Waals surface area (Å²) in [4.78, 5) is 4.51. The van der Waals surface area contributed by atoms with Gasteiger partial charge in [0.1, 0.15) is 5.82 Å². The van der Waals surface area contributed by atoms with Crippen LogP contribution >= 0.6 is 15.9 Å². The van der Waals surface area contributed by atoms with Gasteiger partial charge in [0.25, 0.3) is 0 Å². The summed E-state index contributed by atoms with van der Waals surface area (Å²) < 4.78 is 1.13. The van der Waals surface area contributed by atoms with Crippen molar-refractivity contribution >= 4 is 32.5 Å². The fourth-order valence-electron chi connectivity index (χ4n) is 2.69. The van der Waals surface area contributed by atoms with Crippen LogP contribution in [0.1, 0.15) is 26.7 Å². The molecule has 0 spiro atoms. The largest absolute Gasteiger partial charge is 0.369 e. The molecule has 0 bridgehead atoms. The smallest absolute Gasteiger partial charge is 0.133 e. The van der Waals surface area contributed by atoms with Crippen LogP contribution in [0, 0.1) is 11.3 Å². The topological polar surface area (TPSA) is 24.9 Å². The number of anilines is 1. The van der Waals surface area contributed by atoms with Crippen molar-refractivity contribution < 1.29 is 0 Å². The minimum absolute atomic E-state index is 0.496. The van der Waals surface area contributed by atoms with Crippen LogP contribution in [0.15, 0.2) is 34.9 Å². The molecule has 1 N–H and O–H groups in total. The normalized spacial score (nSPS) is 16.8. The summed E-state index contributed by atoms with van der Waals surface area (Å²) in [5.74, 6) is 1.74. The molecule has 1 aromatic heterocycles. The zero-order valence-electron chi connectivity index (χ0n) is 11.4. The molecule has 0 amide bonds. The number of nitrogens with one attached hydrogen (secondary N) is 1. The monoisotopic (exact) mass is 318 g/mol.